The van der Waals surface area contributed by atoms with Crippen LogP contribution in [0.25, 0.3) is 0 Å². The van der Waals surface area contributed by atoms with Gasteiger partial charge in [0.05, 0.1) is 0 Å². The van der Waals surface area contributed by atoms with E-state index in [1.54, 1.807) is 12.1 Å². The van der Waals surface area contributed by atoms with E-state index in [0.29, 0.717) is 18.0 Å². The first-order chi connectivity index (χ1) is 14.2. The van der Waals surface area contributed by atoms with Crippen LogP contribution in [0, 0.1) is 11.7 Å². The van der Waals surface area contributed by atoms with Crippen LogP contribution in [-0.2, 0) is 6.42 Å². The lowest BCUT2D eigenvalue weighted by atomic mass is 9.97. The van der Waals surface area contributed by atoms with Gasteiger partial charge in [0, 0.05) is 43.2 Å². The second-order valence-electron chi connectivity index (χ2n) is 7.31. The molecule has 5 nitrogen and oxygen atoms in total. The minimum atomic E-state index is -0.394. The molecule has 0 atom stereocenters. The first-order valence-corrected chi connectivity index (χ1v) is 10.6. The summed E-state index contributed by atoms with van der Waals surface area (Å²) >= 11 is 1.45. The molecule has 0 radical (unpaired) electrons. The molecule has 2 aromatic carbocycles. The maximum atomic E-state index is 13.3. The Balaban J connectivity index is 1.25. The van der Waals surface area contributed by atoms with Gasteiger partial charge in [0.15, 0.2) is 0 Å². The molecule has 1 saturated heterocycles. The van der Waals surface area contributed by atoms with E-state index in [9.17, 15) is 9.18 Å². The van der Waals surface area contributed by atoms with E-state index >= 15 is 0 Å². The molecule has 0 aliphatic carbocycles. The monoisotopic (exact) mass is 410 g/mol. The summed E-state index contributed by atoms with van der Waals surface area (Å²) in [6.07, 6.45) is 2.72. The summed E-state index contributed by atoms with van der Waals surface area (Å²) in [6.45, 7) is 2.42. The predicted octanol–water partition coefficient (Wildman–Crippen LogP) is 3.91. The Morgan fingerprint density at radius 2 is 1.93 bits per heavy atom. The number of carbonyl (C=O) groups is 1. The zero-order chi connectivity index (χ0) is 20.1. The van der Waals surface area contributed by atoms with Gasteiger partial charge in [-0.05, 0) is 42.5 Å². The maximum absolute atomic E-state index is 13.3. The number of hydrogen-bond donors (Lipinski definition) is 1. The van der Waals surface area contributed by atoms with Gasteiger partial charge in [-0.15, -0.1) is 0 Å². The zero-order valence-corrected chi connectivity index (χ0v) is 16.9. The van der Waals surface area contributed by atoms with Crippen LogP contribution in [-0.4, -0.2) is 34.9 Å². The molecular weight excluding hydrogens is 387 g/mol. The van der Waals surface area contributed by atoms with Gasteiger partial charge in [-0.1, -0.05) is 36.4 Å². The van der Waals surface area contributed by atoms with Crippen molar-refractivity contribution in [3.63, 3.8) is 0 Å². The van der Waals surface area contributed by atoms with Crippen LogP contribution in [0.1, 0.15) is 34.6 Å². The average Bonchev–Trinajstić information content (AvgIpc) is 3.21. The van der Waals surface area contributed by atoms with E-state index in [1.807, 2.05) is 18.2 Å². The number of hydrogen-bond acceptors (Lipinski definition) is 5. The van der Waals surface area contributed by atoms with Gasteiger partial charge in [-0.2, -0.15) is 4.37 Å². The highest BCUT2D eigenvalue weighted by Gasteiger charge is 2.22. The van der Waals surface area contributed by atoms with Crippen LogP contribution in [0.3, 0.4) is 0 Å². The zero-order valence-electron chi connectivity index (χ0n) is 16.1. The molecule has 0 unspecified atom stereocenters. The normalized spacial score (nSPS) is 14.7. The first-order valence-electron chi connectivity index (χ1n) is 9.82. The van der Waals surface area contributed by atoms with Crippen LogP contribution in [0.4, 0.5) is 9.52 Å². The molecule has 1 amide bonds. The Hall–Kier alpha value is -2.80. The van der Waals surface area contributed by atoms with Crippen molar-refractivity contribution < 1.29 is 9.18 Å². The van der Waals surface area contributed by atoms with Crippen LogP contribution in [0.5, 0.6) is 0 Å². The lowest BCUT2D eigenvalue weighted by molar-refractivity contribution is 0.0944. The fraction of sp³-hybridized carbons (Fsp3) is 0.318. The second-order valence-corrected chi connectivity index (χ2v) is 8.04. The molecule has 150 valence electrons. The van der Waals surface area contributed by atoms with Gasteiger partial charge < -0.3 is 10.2 Å². The summed E-state index contributed by atoms with van der Waals surface area (Å²) in [4.78, 5) is 19.2. The third-order valence-corrected chi connectivity index (χ3v) is 6.00. The first kappa shape index (κ1) is 19.5. The van der Waals surface area contributed by atoms with Crippen molar-refractivity contribution in [1.82, 2.24) is 14.7 Å². The minimum absolute atomic E-state index is 0.221. The molecule has 1 aliphatic heterocycles. The molecule has 1 N–H and O–H groups in total. The Labute approximate surface area is 173 Å². The Morgan fingerprint density at radius 1 is 1.14 bits per heavy atom. The Kier molecular flexibility index (Phi) is 6.14. The van der Waals surface area contributed by atoms with Crippen molar-refractivity contribution in [2.24, 2.45) is 5.92 Å². The van der Waals surface area contributed by atoms with Crippen molar-refractivity contribution in [2.45, 2.75) is 19.3 Å². The summed E-state index contributed by atoms with van der Waals surface area (Å²) in [5, 5.41) is 3.90. The Morgan fingerprint density at radius 3 is 2.69 bits per heavy atom. The molecule has 1 aliphatic rings. The van der Waals surface area contributed by atoms with E-state index in [2.05, 4.69) is 26.7 Å². The quantitative estimate of drug-likeness (QED) is 0.669. The number of nitrogens with one attached hydrogen (secondary N) is 1. The number of amides is 1. The number of aromatic nitrogens is 2. The number of nitrogens with zero attached hydrogens (tertiary/aromatic N) is 3. The van der Waals surface area contributed by atoms with Crippen LogP contribution in [0.2, 0.25) is 0 Å². The number of halogens is 1. The molecule has 0 bridgehead atoms. The number of benzene rings is 2. The van der Waals surface area contributed by atoms with Gasteiger partial charge in [-0.3, -0.25) is 4.79 Å². The molecule has 0 spiro atoms. The van der Waals surface area contributed by atoms with E-state index in [0.717, 1.165) is 43.3 Å². The number of anilines is 1. The highest BCUT2D eigenvalue weighted by Crippen LogP contribution is 2.25. The highest BCUT2D eigenvalue weighted by atomic mass is 32.1. The van der Waals surface area contributed by atoms with Gasteiger partial charge in [0.25, 0.3) is 5.91 Å². The SMILES string of the molecule is O=C(NCC1CCN(c2nc(Cc3ccccc3)ns2)CC1)c1cccc(F)c1. The summed E-state index contributed by atoms with van der Waals surface area (Å²) in [7, 11) is 0. The van der Waals surface area contributed by atoms with E-state index in [1.165, 1.54) is 29.2 Å². The van der Waals surface area contributed by atoms with Crippen molar-refractivity contribution in [3.05, 3.63) is 77.4 Å². The topological polar surface area (TPSA) is 58.1 Å². The van der Waals surface area contributed by atoms with Crippen molar-refractivity contribution in [1.29, 1.82) is 0 Å². The van der Waals surface area contributed by atoms with Gasteiger partial charge in [0.2, 0.25) is 5.13 Å². The van der Waals surface area contributed by atoms with Crippen LogP contribution < -0.4 is 10.2 Å². The van der Waals surface area contributed by atoms with Crippen LogP contribution in [0.15, 0.2) is 54.6 Å². The summed E-state index contributed by atoms with van der Waals surface area (Å²) in [5.74, 6) is 0.664. The third kappa shape index (κ3) is 5.17. The van der Waals surface area contributed by atoms with Crippen molar-refractivity contribution in [3.8, 4) is 0 Å². The molecule has 4 rings (SSSR count). The second kappa shape index (κ2) is 9.13. The molecule has 3 aromatic rings. The highest BCUT2D eigenvalue weighted by molar-refractivity contribution is 7.09. The van der Waals surface area contributed by atoms with Gasteiger partial charge in [0.1, 0.15) is 11.6 Å². The molecule has 2 heterocycles. The molecular formula is C22H23FN4OS. The van der Waals surface area contributed by atoms with Crippen molar-refractivity contribution in [2.75, 3.05) is 24.5 Å². The molecule has 0 saturated carbocycles. The average molecular weight is 411 g/mol. The smallest absolute Gasteiger partial charge is 0.251 e. The Bertz CT molecular complexity index is 954. The van der Waals surface area contributed by atoms with Crippen molar-refractivity contribution >= 4 is 22.6 Å². The summed E-state index contributed by atoms with van der Waals surface area (Å²) in [5.41, 5.74) is 1.58. The molecule has 1 fully saturated rings. The molecule has 7 heteroatoms. The predicted molar refractivity (Wildman–Crippen MR) is 113 cm³/mol. The lowest BCUT2D eigenvalue weighted by Crippen LogP contribution is -2.38. The summed E-state index contributed by atoms with van der Waals surface area (Å²) < 4.78 is 17.8. The largest absolute Gasteiger partial charge is 0.352 e. The fourth-order valence-corrected chi connectivity index (χ4v) is 4.26. The number of rotatable bonds is 6. The number of carbonyl (C=O) groups excluding carboxylic acids is 1. The lowest BCUT2D eigenvalue weighted by Gasteiger charge is -2.31. The minimum Gasteiger partial charge on any atom is -0.352 e. The van der Waals surface area contributed by atoms with E-state index in [-0.39, 0.29) is 5.91 Å². The fourth-order valence-electron chi connectivity index (χ4n) is 3.52. The summed E-state index contributed by atoms with van der Waals surface area (Å²) in [6, 6.07) is 16.0. The van der Waals surface area contributed by atoms with E-state index < -0.39 is 5.82 Å². The standard InChI is InChI=1S/C22H23FN4OS/c23-19-8-4-7-18(14-19)21(28)24-15-17-9-11-27(12-10-17)22-25-20(26-29-22)13-16-5-2-1-3-6-16/h1-8,14,17H,9-13,15H2,(H,24,28). The maximum Gasteiger partial charge on any atom is 0.251 e. The molecule has 29 heavy (non-hydrogen) atoms. The van der Waals surface area contributed by atoms with E-state index in [4.69, 9.17) is 4.98 Å². The van der Waals surface area contributed by atoms with Gasteiger partial charge >= 0.3 is 0 Å². The number of piperidine rings is 1. The van der Waals surface area contributed by atoms with Gasteiger partial charge in [-0.25, -0.2) is 9.37 Å². The third-order valence-electron chi connectivity index (χ3n) is 5.19. The van der Waals surface area contributed by atoms with Crippen LogP contribution >= 0.6 is 11.5 Å². The molecule has 1 aromatic heterocycles.